The van der Waals surface area contributed by atoms with Crippen molar-refractivity contribution in [3.8, 4) is 17.0 Å². The van der Waals surface area contributed by atoms with Gasteiger partial charge in [-0.25, -0.2) is 9.37 Å². The average Bonchev–Trinajstić information content (AvgIpc) is 2.45. The Balaban J connectivity index is 2.33. The van der Waals surface area contributed by atoms with Crippen LogP contribution in [0, 0.1) is 5.82 Å². The van der Waals surface area contributed by atoms with Gasteiger partial charge in [-0.1, -0.05) is 19.9 Å². The molecule has 0 spiro atoms. The van der Waals surface area contributed by atoms with E-state index in [1.807, 2.05) is 6.07 Å². The minimum Gasteiger partial charge on any atom is -0.481 e. The highest BCUT2D eigenvalue weighted by Crippen LogP contribution is 2.25. The summed E-state index contributed by atoms with van der Waals surface area (Å²) in [7, 11) is 1.58. The summed E-state index contributed by atoms with van der Waals surface area (Å²) in [4.78, 5) is 4.20. The van der Waals surface area contributed by atoms with Crippen molar-refractivity contribution in [3.63, 3.8) is 0 Å². The molecular formula is C16H19FN2O. The van der Waals surface area contributed by atoms with Crippen molar-refractivity contribution in [1.82, 2.24) is 10.3 Å². The fourth-order valence-electron chi connectivity index (χ4n) is 1.96. The summed E-state index contributed by atoms with van der Waals surface area (Å²) in [6.07, 6.45) is 1.74. The van der Waals surface area contributed by atoms with Crippen LogP contribution in [-0.4, -0.2) is 18.1 Å². The first-order valence-electron chi connectivity index (χ1n) is 6.62. The summed E-state index contributed by atoms with van der Waals surface area (Å²) in [5, 5.41) is 3.31. The predicted octanol–water partition coefficient (Wildman–Crippen LogP) is 3.39. The average molecular weight is 274 g/mol. The summed E-state index contributed by atoms with van der Waals surface area (Å²) in [6, 6.07) is 8.90. The van der Waals surface area contributed by atoms with Gasteiger partial charge in [0.25, 0.3) is 0 Å². The maximum absolute atomic E-state index is 13.4. The van der Waals surface area contributed by atoms with Crippen LogP contribution in [0.5, 0.6) is 5.88 Å². The van der Waals surface area contributed by atoms with E-state index >= 15 is 0 Å². The predicted molar refractivity (Wildman–Crippen MR) is 78.2 cm³/mol. The first-order valence-corrected chi connectivity index (χ1v) is 6.62. The van der Waals surface area contributed by atoms with Crippen molar-refractivity contribution in [2.75, 3.05) is 7.11 Å². The van der Waals surface area contributed by atoms with Crippen LogP contribution in [0.3, 0.4) is 0 Å². The lowest BCUT2D eigenvalue weighted by atomic mass is 10.0. The van der Waals surface area contributed by atoms with Crippen LogP contribution < -0.4 is 10.1 Å². The number of nitrogens with one attached hydrogen (secondary N) is 1. The molecule has 1 heterocycles. The van der Waals surface area contributed by atoms with Crippen LogP contribution in [0.25, 0.3) is 11.1 Å². The third kappa shape index (κ3) is 3.54. The Morgan fingerprint density at radius 2 is 2.05 bits per heavy atom. The third-order valence-electron chi connectivity index (χ3n) is 3.02. The molecule has 1 aromatic heterocycles. The zero-order valence-electron chi connectivity index (χ0n) is 12.0. The highest BCUT2D eigenvalue weighted by molar-refractivity contribution is 5.66. The minimum absolute atomic E-state index is 0.226. The van der Waals surface area contributed by atoms with Gasteiger partial charge in [0.1, 0.15) is 5.82 Å². The second-order valence-corrected chi connectivity index (χ2v) is 4.93. The second kappa shape index (κ2) is 6.48. The molecule has 0 aliphatic carbocycles. The van der Waals surface area contributed by atoms with Gasteiger partial charge in [-0.2, -0.15) is 0 Å². The highest BCUT2D eigenvalue weighted by atomic mass is 19.1. The number of hydrogen-bond acceptors (Lipinski definition) is 3. The van der Waals surface area contributed by atoms with E-state index in [4.69, 9.17) is 4.74 Å². The van der Waals surface area contributed by atoms with E-state index in [2.05, 4.69) is 24.1 Å². The number of pyridine rings is 1. The van der Waals surface area contributed by atoms with Crippen LogP contribution >= 0.6 is 0 Å². The monoisotopic (exact) mass is 274 g/mol. The van der Waals surface area contributed by atoms with Crippen LogP contribution in [0.2, 0.25) is 0 Å². The zero-order chi connectivity index (χ0) is 14.5. The Labute approximate surface area is 118 Å². The van der Waals surface area contributed by atoms with E-state index < -0.39 is 0 Å². The third-order valence-corrected chi connectivity index (χ3v) is 3.02. The van der Waals surface area contributed by atoms with Gasteiger partial charge in [-0.15, -0.1) is 0 Å². The molecule has 20 heavy (non-hydrogen) atoms. The second-order valence-electron chi connectivity index (χ2n) is 4.93. The van der Waals surface area contributed by atoms with Gasteiger partial charge in [-0.05, 0) is 29.3 Å². The van der Waals surface area contributed by atoms with Crippen molar-refractivity contribution in [2.24, 2.45) is 0 Å². The molecule has 0 aliphatic rings. The van der Waals surface area contributed by atoms with E-state index in [-0.39, 0.29) is 5.82 Å². The fraction of sp³-hybridized carbons (Fsp3) is 0.312. The molecule has 106 valence electrons. The number of benzene rings is 1. The van der Waals surface area contributed by atoms with Crippen molar-refractivity contribution < 1.29 is 9.13 Å². The molecule has 0 unspecified atom stereocenters. The van der Waals surface area contributed by atoms with E-state index in [9.17, 15) is 4.39 Å². The Morgan fingerprint density at radius 1 is 1.25 bits per heavy atom. The lowest BCUT2D eigenvalue weighted by Crippen LogP contribution is -2.22. The van der Waals surface area contributed by atoms with Gasteiger partial charge in [-0.3, -0.25) is 0 Å². The smallest absolute Gasteiger partial charge is 0.212 e. The molecule has 4 heteroatoms. The first-order chi connectivity index (χ1) is 9.60. The van der Waals surface area contributed by atoms with E-state index in [1.165, 1.54) is 6.07 Å². The van der Waals surface area contributed by atoms with E-state index in [0.717, 1.165) is 16.7 Å². The first kappa shape index (κ1) is 14.5. The summed E-state index contributed by atoms with van der Waals surface area (Å²) < 4.78 is 18.5. The van der Waals surface area contributed by atoms with Crippen molar-refractivity contribution in [1.29, 1.82) is 0 Å². The SMILES string of the molecule is COc1ccc(-c2ccc(F)cc2CNC(C)C)cn1. The number of aromatic nitrogens is 1. The number of nitrogens with zero attached hydrogens (tertiary/aromatic N) is 1. The normalized spacial score (nSPS) is 10.8. The van der Waals surface area contributed by atoms with Gasteiger partial charge in [0.2, 0.25) is 5.88 Å². The van der Waals surface area contributed by atoms with E-state index in [1.54, 1.807) is 31.5 Å². The molecule has 1 aromatic carbocycles. The molecule has 2 aromatic rings. The van der Waals surface area contributed by atoms with Crippen molar-refractivity contribution >= 4 is 0 Å². The molecule has 0 radical (unpaired) electrons. The van der Waals surface area contributed by atoms with Crippen LogP contribution in [0.4, 0.5) is 4.39 Å². The molecule has 1 N–H and O–H groups in total. The Hall–Kier alpha value is -1.94. The summed E-state index contributed by atoms with van der Waals surface area (Å²) in [5.74, 6) is 0.341. The standard InChI is InChI=1S/C16H19FN2O/c1-11(2)18-10-13-8-14(17)5-6-15(13)12-4-7-16(20-3)19-9-12/h4-9,11,18H,10H2,1-3H3. The molecule has 2 rings (SSSR count). The van der Waals surface area contributed by atoms with Gasteiger partial charge < -0.3 is 10.1 Å². The summed E-state index contributed by atoms with van der Waals surface area (Å²) in [6.45, 7) is 4.75. The van der Waals surface area contributed by atoms with Gasteiger partial charge in [0.15, 0.2) is 0 Å². The lowest BCUT2D eigenvalue weighted by molar-refractivity contribution is 0.398. The lowest BCUT2D eigenvalue weighted by Gasteiger charge is -2.13. The Kier molecular flexibility index (Phi) is 4.69. The van der Waals surface area contributed by atoms with Gasteiger partial charge >= 0.3 is 0 Å². The summed E-state index contributed by atoms with van der Waals surface area (Å²) in [5.41, 5.74) is 2.85. The molecule has 0 aliphatic heterocycles. The maximum atomic E-state index is 13.4. The van der Waals surface area contributed by atoms with Gasteiger partial charge in [0.05, 0.1) is 7.11 Å². The molecule has 0 saturated heterocycles. The number of halogens is 1. The maximum Gasteiger partial charge on any atom is 0.212 e. The molecule has 0 atom stereocenters. The number of hydrogen-bond donors (Lipinski definition) is 1. The molecule has 0 fully saturated rings. The van der Waals surface area contributed by atoms with Crippen LogP contribution in [-0.2, 0) is 6.54 Å². The van der Waals surface area contributed by atoms with E-state index in [0.29, 0.717) is 18.5 Å². The van der Waals surface area contributed by atoms with Crippen molar-refractivity contribution in [3.05, 3.63) is 47.9 Å². The molecule has 0 amide bonds. The quantitative estimate of drug-likeness (QED) is 0.907. The highest BCUT2D eigenvalue weighted by Gasteiger charge is 2.08. The van der Waals surface area contributed by atoms with Gasteiger partial charge in [0, 0.05) is 30.4 Å². The molecule has 3 nitrogen and oxygen atoms in total. The zero-order valence-corrected chi connectivity index (χ0v) is 12.0. The minimum atomic E-state index is -0.226. The van der Waals surface area contributed by atoms with Crippen molar-refractivity contribution in [2.45, 2.75) is 26.4 Å². The number of ether oxygens (including phenoxy) is 1. The Bertz CT molecular complexity index is 567. The fourth-order valence-corrected chi connectivity index (χ4v) is 1.96. The molecular weight excluding hydrogens is 255 g/mol. The largest absolute Gasteiger partial charge is 0.481 e. The molecule has 0 saturated carbocycles. The summed E-state index contributed by atoms with van der Waals surface area (Å²) >= 11 is 0. The van der Waals surface area contributed by atoms with Crippen LogP contribution in [0.1, 0.15) is 19.4 Å². The number of methoxy groups -OCH3 is 1. The number of rotatable bonds is 5. The topological polar surface area (TPSA) is 34.1 Å². The Morgan fingerprint density at radius 3 is 2.65 bits per heavy atom. The molecule has 0 bridgehead atoms. The van der Waals surface area contributed by atoms with Crippen LogP contribution in [0.15, 0.2) is 36.5 Å².